The molecule has 1 fully saturated rings. The lowest BCUT2D eigenvalue weighted by Gasteiger charge is -2.23. The monoisotopic (exact) mass is 285 g/mol. The van der Waals surface area contributed by atoms with Crippen LogP contribution in [0, 0.1) is 0 Å². The van der Waals surface area contributed by atoms with Crippen molar-refractivity contribution < 1.29 is 19.2 Å². The largest absolute Gasteiger partial charge is 0.470 e. The van der Waals surface area contributed by atoms with Crippen LogP contribution in [0.15, 0.2) is 5.16 Å². The van der Waals surface area contributed by atoms with Gasteiger partial charge in [-0.2, -0.15) is 0 Å². The Hall–Kier alpha value is -1.79. The number of carbonyl (C=O) groups is 2. The van der Waals surface area contributed by atoms with Gasteiger partial charge in [-0.25, -0.2) is 4.79 Å². The maximum Gasteiger partial charge on any atom is 0.435 e. The molecule has 114 valence electrons. The van der Waals surface area contributed by atoms with Gasteiger partial charge >= 0.3 is 17.9 Å². The van der Waals surface area contributed by atoms with Crippen LogP contribution in [0.2, 0.25) is 0 Å². The lowest BCUT2D eigenvalue weighted by atomic mass is 10.2. The highest BCUT2D eigenvalue weighted by Crippen LogP contribution is 2.03. The maximum atomic E-state index is 11.7. The van der Waals surface area contributed by atoms with Crippen molar-refractivity contribution in [3.05, 3.63) is 0 Å². The molecule has 0 atom stereocenters. The second-order valence-corrected chi connectivity index (χ2v) is 4.81. The fourth-order valence-corrected chi connectivity index (χ4v) is 1.69. The van der Waals surface area contributed by atoms with Crippen molar-refractivity contribution in [1.29, 1.82) is 0 Å². The predicted molar refractivity (Wildman–Crippen MR) is 74.3 cm³/mol. The lowest BCUT2D eigenvalue weighted by Crippen LogP contribution is -2.42. The van der Waals surface area contributed by atoms with Gasteiger partial charge in [-0.05, 0) is 11.6 Å². The first-order chi connectivity index (χ1) is 9.56. The van der Waals surface area contributed by atoms with Crippen LogP contribution in [-0.2, 0) is 14.4 Å². The smallest absolute Gasteiger partial charge is 0.435 e. The number of carbonyl (C=O) groups excluding carboxylic acids is 2. The summed E-state index contributed by atoms with van der Waals surface area (Å²) >= 11 is 0. The Kier molecular flexibility index (Phi) is 6.83. The van der Waals surface area contributed by atoms with Gasteiger partial charge in [-0.1, -0.05) is 26.2 Å². The van der Waals surface area contributed by atoms with Crippen LogP contribution in [-0.4, -0.2) is 61.5 Å². The molecular formula is C13H23N3O4. The highest BCUT2D eigenvalue weighted by atomic mass is 16.7. The Morgan fingerprint density at radius 2 is 2.20 bits per heavy atom. The van der Waals surface area contributed by atoms with Gasteiger partial charge in [-0.3, -0.25) is 9.63 Å². The second kappa shape index (κ2) is 8.39. The van der Waals surface area contributed by atoms with Gasteiger partial charge < -0.3 is 14.5 Å². The third-order valence-electron chi connectivity index (χ3n) is 3.06. The number of ether oxygens (including phenoxy) is 1. The highest BCUT2D eigenvalue weighted by Gasteiger charge is 2.24. The summed E-state index contributed by atoms with van der Waals surface area (Å²) < 4.78 is 5.07. The fraction of sp³-hybridized carbons (Fsp3) is 0.769. The molecule has 0 N–H and O–H groups in total. The van der Waals surface area contributed by atoms with E-state index in [1.165, 1.54) is 9.80 Å². The number of hydrogen-bond donors (Lipinski definition) is 0. The van der Waals surface area contributed by atoms with E-state index < -0.39 is 6.09 Å². The fourth-order valence-electron chi connectivity index (χ4n) is 1.69. The number of nitrogens with zero attached hydrogens (tertiary/aromatic N) is 3. The van der Waals surface area contributed by atoms with Gasteiger partial charge in [0.15, 0.2) is 0 Å². The van der Waals surface area contributed by atoms with E-state index in [9.17, 15) is 9.59 Å². The molecule has 1 rings (SSSR count). The molecule has 0 saturated carbocycles. The first kappa shape index (κ1) is 16.3. The summed E-state index contributed by atoms with van der Waals surface area (Å²) in [7, 11) is 3.28. The molecule has 1 aliphatic rings. The van der Waals surface area contributed by atoms with Crippen molar-refractivity contribution >= 4 is 17.9 Å². The molecule has 7 heteroatoms. The molecule has 0 radical (unpaired) electrons. The zero-order chi connectivity index (χ0) is 15.0. The first-order valence-electron chi connectivity index (χ1n) is 6.94. The SMILES string of the molecule is CCCCCCN(C)C(=O)ON=C1OCCN(C)C1=O. The van der Waals surface area contributed by atoms with E-state index >= 15 is 0 Å². The molecule has 0 aromatic carbocycles. The van der Waals surface area contributed by atoms with E-state index in [0.29, 0.717) is 19.7 Å². The van der Waals surface area contributed by atoms with E-state index in [-0.39, 0.29) is 11.8 Å². The molecule has 1 aliphatic heterocycles. The quantitative estimate of drug-likeness (QED) is 0.420. The van der Waals surface area contributed by atoms with E-state index in [4.69, 9.17) is 9.57 Å². The first-order valence-corrected chi connectivity index (χ1v) is 6.94. The van der Waals surface area contributed by atoms with Crippen molar-refractivity contribution in [2.75, 3.05) is 33.8 Å². The molecule has 20 heavy (non-hydrogen) atoms. The number of hydrogen-bond acceptors (Lipinski definition) is 5. The topological polar surface area (TPSA) is 71.4 Å². The molecular weight excluding hydrogens is 262 g/mol. The Bertz CT molecular complexity index is 371. The van der Waals surface area contributed by atoms with Crippen LogP contribution in [0.5, 0.6) is 0 Å². The maximum absolute atomic E-state index is 11.7. The van der Waals surface area contributed by atoms with Crippen LogP contribution < -0.4 is 0 Å². The predicted octanol–water partition coefficient (Wildman–Crippen LogP) is 1.44. The van der Waals surface area contributed by atoms with Crippen molar-refractivity contribution in [2.45, 2.75) is 32.6 Å². The van der Waals surface area contributed by atoms with Gasteiger partial charge in [0.1, 0.15) is 6.61 Å². The second-order valence-electron chi connectivity index (χ2n) is 4.81. The molecule has 2 amide bonds. The minimum absolute atomic E-state index is 0.175. The number of rotatable bonds is 6. The number of morpholine rings is 1. The summed E-state index contributed by atoms with van der Waals surface area (Å²) in [6.45, 7) is 3.60. The minimum Gasteiger partial charge on any atom is -0.470 e. The summed E-state index contributed by atoms with van der Waals surface area (Å²) in [5.41, 5.74) is 0. The van der Waals surface area contributed by atoms with Crippen LogP contribution in [0.1, 0.15) is 32.6 Å². The minimum atomic E-state index is -0.585. The Labute approximate surface area is 119 Å². The van der Waals surface area contributed by atoms with Crippen molar-refractivity contribution in [2.24, 2.45) is 5.16 Å². The van der Waals surface area contributed by atoms with Gasteiger partial charge in [-0.15, -0.1) is 0 Å². The average Bonchev–Trinajstić information content (AvgIpc) is 2.44. The van der Waals surface area contributed by atoms with Gasteiger partial charge in [0.05, 0.1) is 6.54 Å². The number of unbranched alkanes of at least 4 members (excludes halogenated alkanes) is 3. The van der Waals surface area contributed by atoms with E-state index in [0.717, 1.165) is 25.7 Å². The third-order valence-corrected chi connectivity index (χ3v) is 3.06. The van der Waals surface area contributed by atoms with E-state index in [2.05, 4.69) is 12.1 Å². The highest BCUT2D eigenvalue weighted by molar-refractivity contribution is 6.35. The van der Waals surface area contributed by atoms with Gasteiger partial charge in [0.2, 0.25) is 0 Å². The summed E-state index contributed by atoms with van der Waals surface area (Å²) in [6.07, 6.45) is 3.72. The van der Waals surface area contributed by atoms with Crippen LogP contribution in [0.25, 0.3) is 0 Å². The van der Waals surface area contributed by atoms with Crippen molar-refractivity contribution in [3.8, 4) is 0 Å². The molecule has 0 unspecified atom stereocenters. The molecule has 0 aromatic heterocycles. The summed E-state index contributed by atoms with van der Waals surface area (Å²) in [5.74, 6) is -0.555. The van der Waals surface area contributed by atoms with E-state index in [1.54, 1.807) is 14.1 Å². The number of likely N-dealkylation sites (N-methyl/N-ethyl adjacent to an activating group) is 1. The molecule has 0 aliphatic carbocycles. The molecule has 7 nitrogen and oxygen atoms in total. The summed E-state index contributed by atoms with van der Waals surface area (Å²) in [6, 6.07) is 0. The average molecular weight is 285 g/mol. The van der Waals surface area contributed by atoms with Crippen LogP contribution >= 0.6 is 0 Å². The molecule has 1 heterocycles. The molecule has 0 aromatic rings. The zero-order valence-electron chi connectivity index (χ0n) is 12.4. The normalized spacial score (nSPS) is 17.1. The lowest BCUT2D eigenvalue weighted by molar-refractivity contribution is -0.127. The van der Waals surface area contributed by atoms with Gasteiger partial charge in [0.25, 0.3) is 0 Å². The Balaban J connectivity index is 2.35. The zero-order valence-corrected chi connectivity index (χ0v) is 12.4. The molecule has 1 saturated heterocycles. The van der Waals surface area contributed by atoms with Crippen molar-refractivity contribution in [1.82, 2.24) is 9.80 Å². The standard InChI is InChI=1S/C13H23N3O4/c1-4-5-6-7-8-16(3)13(18)20-14-11-12(17)15(2)9-10-19-11/h4-10H2,1-3H3. The number of amides is 2. The molecule has 0 bridgehead atoms. The molecule has 0 spiro atoms. The van der Waals surface area contributed by atoms with Crippen LogP contribution in [0.4, 0.5) is 4.79 Å². The summed E-state index contributed by atoms with van der Waals surface area (Å²) in [5, 5.41) is 3.49. The van der Waals surface area contributed by atoms with Crippen LogP contribution in [0.3, 0.4) is 0 Å². The Morgan fingerprint density at radius 1 is 1.45 bits per heavy atom. The van der Waals surface area contributed by atoms with E-state index in [1.807, 2.05) is 0 Å². The third kappa shape index (κ3) is 5.07. The Morgan fingerprint density at radius 3 is 2.90 bits per heavy atom. The van der Waals surface area contributed by atoms with Gasteiger partial charge in [0, 0.05) is 20.6 Å². The number of oxime groups is 1. The van der Waals surface area contributed by atoms with Crippen molar-refractivity contribution in [3.63, 3.8) is 0 Å². The summed E-state index contributed by atoms with van der Waals surface area (Å²) in [4.78, 5) is 30.9.